The minimum absolute atomic E-state index is 0.683. The molecule has 1 aliphatic rings. The van der Waals surface area contributed by atoms with E-state index in [1.807, 2.05) is 0 Å². The molecule has 1 atom stereocenters. The molecule has 0 aliphatic carbocycles. The lowest BCUT2D eigenvalue weighted by Crippen LogP contribution is -2.11. The Morgan fingerprint density at radius 3 is 2.61 bits per heavy atom. The highest BCUT2D eigenvalue weighted by molar-refractivity contribution is 5.89. The van der Waals surface area contributed by atoms with Crippen molar-refractivity contribution in [1.82, 2.24) is 9.88 Å². The van der Waals surface area contributed by atoms with Gasteiger partial charge in [-0.25, -0.2) is 0 Å². The van der Waals surface area contributed by atoms with Crippen molar-refractivity contribution < 1.29 is 0 Å². The first kappa shape index (κ1) is 11.8. The molecule has 0 bridgehead atoms. The summed E-state index contributed by atoms with van der Waals surface area (Å²) in [6, 6.07) is 4.54. The lowest BCUT2D eigenvalue weighted by molar-refractivity contribution is 0.688. The molecule has 0 amide bonds. The third kappa shape index (κ3) is 1.52. The van der Waals surface area contributed by atoms with E-state index in [1.54, 1.807) is 0 Å². The normalized spacial score (nSPS) is 19.9. The molecule has 2 heterocycles. The van der Waals surface area contributed by atoms with Gasteiger partial charge in [-0.1, -0.05) is 12.1 Å². The van der Waals surface area contributed by atoms with Gasteiger partial charge in [-0.3, -0.25) is 0 Å². The minimum atomic E-state index is 0.683. The Bertz CT molecular complexity index is 601. The second-order valence-electron chi connectivity index (χ2n) is 5.66. The van der Waals surface area contributed by atoms with Gasteiger partial charge in [0.25, 0.3) is 0 Å². The van der Waals surface area contributed by atoms with Gasteiger partial charge in [-0.15, -0.1) is 0 Å². The van der Waals surface area contributed by atoms with Crippen LogP contribution >= 0.6 is 0 Å². The second-order valence-corrected chi connectivity index (χ2v) is 5.66. The lowest BCUT2D eigenvalue weighted by atomic mass is 9.99. The highest BCUT2D eigenvalue weighted by Gasteiger charge is 2.24. The van der Waals surface area contributed by atoms with Crippen molar-refractivity contribution in [3.8, 4) is 0 Å². The van der Waals surface area contributed by atoms with Gasteiger partial charge in [0, 0.05) is 30.6 Å². The van der Waals surface area contributed by atoms with Crippen molar-refractivity contribution in [2.24, 2.45) is 7.05 Å². The topological polar surface area (TPSA) is 17.0 Å². The summed E-state index contributed by atoms with van der Waals surface area (Å²) in [5.74, 6) is 0.683. The maximum atomic E-state index is 3.48. The van der Waals surface area contributed by atoms with Crippen molar-refractivity contribution in [2.75, 3.05) is 13.1 Å². The van der Waals surface area contributed by atoms with Gasteiger partial charge in [0.15, 0.2) is 0 Å². The van der Waals surface area contributed by atoms with Gasteiger partial charge in [0.1, 0.15) is 0 Å². The quantitative estimate of drug-likeness (QED) is 0.812. The maximum absolute atomic E-state index is 3.48. The Hall–Kier alpha value is -1.28. The molecule has 2 nitrogen and oxygen atoms in total. The Balaban J connectivity index is 2.30. The highest BCUT2D eigenvalue weighted by Crippen LogP contribution is 2.34. The van der Waals surface area contributed by atoms with E-state index < -0.39 is 0 Å². The summed E-state index contributed by atoms with van der Waals surface area (Å²) in [7, 11) is 2.23. The summed E-state index contributed by atoms with van der Waals surface area (Å²) in [5, 5.41) is 4.92. The van der Waals surface area contributed by atoms with Crippen LogP contribution in [-0.4, -0.2) is 17.7 Å². The molecule has 3 rings (SSSR count). The van der Waals surface area contributed by atoms with Gasteiger partial charge in [-0.2, -0.15) is 0 Å². The second kappa shape index (κ2) is 4.13. The molecule has 96 valence electrons. The third-order valence-electron chi connectivity index (χ3n) is 4.63. The van der Waals surface area contributed by atoms with Crippen molar-refractivity contribution in [3.63, 3.8) is 0 Å². The summed E-state index contributed by atoms with van der Waals surface area (Å²) >= 11 is 0. The Kier molecular flexibility index (Phi) is 2.70. The zero-order valence-electron chi connectivity index (χ0n) is 11.8. The van der Waals surface area contributed by atoms with E-state index in [2.05, 4.69) is 49.8 Å². The van der Waals surface area contributed by atoms with Crippen LogP contribution in [0.3, 0.4) is 0 Å². The van der Waals surface area contributed by atoms with E-state index in [0.29, 0.717) is 5.92 Å². The zero-order chi connectivity index (χ0) is 12.9. The molecule has 1 aromatic heterocycles. The number of aromatic nitrogens is 1. The summed E-state index contributed by atoms with van der Waals surface area (Å²) < 4.78 is 2.44. The summed E-state index contributed by atoms with van der Waals surface area (Å²) in [4.78, 5) is 0. The van der Waals surface area contributed by atoms with E-state index in [9.17, 15) is 0 Å². The Morgan fingerprint density at radius 2 is 1.94 bits per heavy atom. The van der Waals surface area contributed by atoms with Crippen LogP contribution in [0.25, 0.3) is 10.9 Å². The van der Waals surface area contributed by atoms with Crippen LogP contribution in [0.5, 0.6) is 0 Å². The number of rotatable bonds is 1. The molecule has 1 fully saturated rings. The molecule has 0 saturated carbocycles. The molecule has 1 unspecified atom stereocenters. The van der Waals surface area contributed by atoms with Gasteiger partial charge in [0.2, 0.25) is 0 Å². The number of hydrogen-bond donors (Lipinski definition) is 1. The molecule has 18 heavy (non-hydrogen) atoms. The molecule has 1 aromatic carbocycles. The van der Waals surface area contributed by atoms with E-state index in [1.165, 1.54) is 39.7 Å². The fourth-order valence-electron chi connectivity index (χ4n) is 3.51. The Labute approximate surface area is 109 Å². The molecule has 0 radical (unpaired) electrons. The smallest absolute Gasteiger partial charge is 0.0515 e. The molecule has 2 heteroatoms. The van der Waals surface area contributed by atoms with Crippen molar-refractivity contribution in [2.45, 2.75) is 33.1 Å². The first-order chi connectivity index (χ1) is 8.61. The third-order valence-corrected chi connectivity index (χ3v) is 4.63. The van der Waals surface area contributed by atoms with Crippen LogP contribution in [0.2, 0.25) is 0 Å². The molecule has 2 aromatic rings. The average molecular weight is 242 g/mol. The van der Waals surface area contributed by atoms with Crippen LogP contribution in [0, 0.1) is 20.8 Å². The number of nitrogens with zero attached hydrogens (tertiary/aromatic N) is 1. The molecule has 1 saturated heterocycles. The highest BCUT2D eigenvalue weighted by atomic mass is 15.0. The first-order valence-corrected chi connectivity index (χ1v) is 6.87. The summed E-state index contributed by atoms with van der Waals surface area (Å²) in [5.41, 5.74) is 7.25. The van der Waals surface area contributed by atoms with Crippen molar-refractivity contribution in [3.05, 3.63) is 34.5 Å². The number of hydrogen-bond acceptors (Lipinski definition) is 1. The van der Waals surface area contributed by atoms with E-state index in [4.69, 9.17) is 0 Å². The van der Waals surface area contributed by atoms with Crippen LogP contribution in [0.1, 0.15) is 34.7 Å². The van der Waals surface area contributed by atoms with Crippen molar-refractivity contribution in [1.29, 1.82) is 0 Å². The molecule has 1 N–H and O–H groups in total. The molecular formula is C16H22N2. The number of benzene rings is 1. The van der Waals surface area contributed by atoms with Crippen LogP contribution < -0.4 is 5.32 Å². The Morgan fingerprint density at radius 1 is 1.17 bits per heavy atom. The number of nitrogens with one attached hydrogen (secondary N) is 1. The van der Waals surface area contributed by atoms with E-state index >= 15 is 0 Å². The number of fused-ring (bicyclic) bond motifs is 1. The molecular weight excluding hydrogens is 220 g/mol. The monoisotopic (exact) mass is 242 g/mol. The lowest BCUT2D eigenvalue weighted by Gasteiger charge is -2.13. The van der Waals surface area contributed by atoms with Crippen LogP contribution in [0.15, 0.2) is 12.1 Å². The minimum Gasteiger partial charge on any atom is -0.347 e. The fraction of sp³-hybridized carbons (Fsp3) is 0.500. The zero-order valence-corrected chi connectivity index (χ0v) is 11.8. The maximum Gasteiger partial charge on any atom is 0.0515 e. The molecule has 0 spiro atoms. The standard InChI is InChI=1S/C16H22N2/c1-10-5-6-14-12(3)15(13-7-8-17-9-13)18(4)16(14)11(10)2/h5-6,13,17H,7-9H2,1-4H3. The largest absolute Gasteiger partial charge is 0.347 e. The van der Waals surface area contributed by atoms with Crippen LogP contribution in [-0.2, 0) is 7.05 Å². The van der Waals surface area contributed by atoms with Gasteiger partial charge in [-0.05, 0) is 50.4 Å². The van der Waals surface area contributed by atoms with E-state index in [-0.39, 0.29) is 0 Å². The number of aryl methyl sites for hydroxylation is 4. The van der Waals surface area contributed by atoms with Crippen LogP contribution in [0.4, 0.5) is 0 Å². The predicted molar refractivity (Wildman–Crippen MR) is 77.4 cm³/mol. The predicted octanol–water partition coefficient (Wildman–Crippen LogP) is 3.18. The van der Waals surface area contributed by atoms with Gasteiger partial charge in [0.05, 0.1) is 5.52 Å². The average Bonchev–Trinajstić information content (AvgIpc) is 2.92. The van der Waals surface area contributed by atoms with Gasteiger partial charge >= 0.3 is 0 Å². The SMILES string of the molecule is Cc1ccc2c(C)c(C3CCNC3)n(C)c2c1C. The summed E-state index contributed by atoms with van der Waals surface area (Å²) in [6.45, 7) is 9.01. The first-order valence-electron chi connectivity index (χ1n) is 6.87. The summed E-state index contributed by atoms with van der Waals surface area (Å²) in [6.07, 6.45) is 1.27. The fourth-order valence-corrected chi connectivity index (χ4v) is 3.51. The van der Waals surface area contributed by atoms with E-state index in [0.717, 1.165) is 13.1 Å². The van der Waals surface area contributed by atoms with Crippen molar-refractivity contribution >= 4 is 10.9 Å². The molecule has 1 aliphatic heterocycles. The van der Waals surface area contributed by atoms with Gasteiger partial charge < -0.3 is 9.88 Å².